The minimum absolute atomic E-state index is 0.146. The molecular formula is C22H27BrN2O7S2. The van der Waals surface area contributed by atoms with E-state index in [0.29, 0.717) is 33.4 Å². The summed E-state index contributed by atoms with van der Waals surface area (Å²) in [5, 5.41) is 3.25. The van der Waals surface area contributed by atoms with E-state index < -0.39 is 22.0 Å². The summed E-state index contributed by atoms with van der Waals surface area (Å²) in [5.74, 6) is -1.01. The average molecular weight is 576 g/mol. The van der Waals surface area contributed by atoms with Crippen molar-refractivity contribution in [3.8, 4) is 16.2 Å². The maximum atomic E-state index is 12.7. The van der Waals surface area contributed by atoms with Crippen LogP contribution >= 0.6 is 27.3 Å². The molecule has 9 nitrogen and oxygen atoms in total. The summed E-state index contributed by atoms with van der Waals surface area (Å²) in [5.41, 5.74) is 1.23. The van der Waals surface area contributed by atoms with Gasteiger partial charge in [0.2, 0.25) is 10.0 Å². The number of sulfonamides is 1. The van der Waals surface area contributed by atoms with Gasteiger partial charge in [-0.1, -0.05) is 12.1 Å². The number of carbonyl (C=O) groups excluding carboxylic acids is 2. The number of halogens is 1. The fourth-order valence-electron chi connectivity index (χ4n) is 3.77. The molecule has 0 radical (unpaired) electrons. The second kappa shape index (κ2) is 11.5. The van der Waals surface area contributed by atoms with Gasteiger partial charge in [-0.05, 0) is 66.5 Å². The van der Waals surface area contributed by atoms with E-state index in [0.717, 1.165) is 24.4 Å². The van der Waals surface area contributed by atoms with Crippen molar-refractivity contribution in [2.24, 2.45) is 0 Å². The van der Waals surface area contributed by atoms with Gasteiger partial charge >= 0.3 is 11.9 Å². The highest BCUT2D eigenvalue weighted by Gasteiger charge is 2.30. The van der Waals surface area contributed by atoms with Crippen molar-refractivity contribution >= 4 is 54.9 Å². The Morgan fingerprint density at radius 3 is 2.59 bits per heavy atom. The molecule has 0 bridgehead atoms. The third-order valence-corrected chi connectivity index (χ3v) is 8.62. The van der Waals surface area contributed by atoms with Gasteiger partial charge in [0.05, 0.1) is 35.0 Å². The van der Waals surface area contributed by atoms with E-state index in [9.17, 15) is 18.0 Å². The van der Waals surface area contributed by atoms with E-state index in [-0.39, 0.29) is 29.9 Å². The Kier molecular flexibility index (Phi) is 8.96. The Bertz CT molecular complexity index is 1140. The molecule has 0 aliphatic carbocycles. The number of esters is 2. The van der Waals surface area contributed by atoms with Crippen LogP contribution in [0.4, 0.5) is 5.69 Å². The lowest BCUT2D eigenvalue weighted by Crippen LogP contribution is -2.45. The molecule has 2 heterocycles. The number of rotatable bonds is 9. The van der Waals surface area contributed by atoms with Crippen molar-refractivity contribution in [1.82, 2.24) is 5.32 Å². The number of hydrogen-bond acceptors (Lipinski definition) is 9. The molecule has 3 rings (SSSR count). The fourth-order valence-corrected chi connectivity index (χ4v) is 6.99. The molecule has 1 fully saturated rings. The predicted molar refractivity (Wildman–Crippen MR) is 134 cm³/mol. The monoisotopic (exact) mass is 574 g/mol. The van der Waals surface area contributed by atoms with E-state index in [1.165, 1.54) is 17.7 Å². The third kappa shape index (κ3) is 6.09. The summed E-state index contributed by atoms with van der Waals surface area (Å²) in [6, 6.07) is 6.97. The molecule has 186 valence electrons. The first-order chi connectivity index (χ1) is 16.2. The van der Waals surface area contributed by atoms with Gasteiger partial charge in [-0.3, -0.25) is 4.31 Å². The largest absolute Gasteiger partial charge is 0.479 e. The summed E-state index contributed by atoms with van der Waals surface area (Å²) in [6.07, 6.45) is 2.62. The number of nitrogens with one attached hydrogen (secondary N) is 1. The van der Waals surface area contributed by atoms with Crippen molar-refractivity contribution in [2.45, 2.75) is 25.8 Å². The van der Waals surface area contributed by atoms with E-state index in [1.807, 2.05) is 6.07 Å². The van der Waals surface area contributed by atoms with Crippen LogP contribution in [-0.4, -0.2) is 66.1 Å². The lowest BCUT2D eigenvalue weighted by molar-refractivity contribution is -0.145. The zero-order chi connectivity index (χ0) is 24.9. The van der Waals surface area contributed by atoms with Gasteiger partial charge in [-0.25, -0.2) is 18.0 Å². The van der Waals surface area contributed by atoms with Gasteiger partial charge in [0, 0.05) is 6.04 Å². The van der Waals surface area contributed by atoms with Crippen LogP contribution in [0.15, 0.2) is 28.7 Å². The first kappa shape index (κ1) is 26.5. The Hall–Kier alpha value is -2.15. The second-order valence-electron chi connectivity index (χ2n) is 7.58. The van der Waals surface area contributed by atoms with Gasteiger partial charge in [0.1, 0.15) is 0 Å². The normalized spacial score (nSPS) is 14.5. The highest BCUT2D eigenvalue weighted by molar-refractivity contribution is 9.10. The van der Waals surface area contributed by atoms with Crippen molar-refractivity contribution < 1.29 is 32.2 Å². The maximum Gasteiger partial charge on any atom is 0.351 e. The van der Waals surface area contributed by atoms with Crippen molar-refractivity contribution in [2.75, 3.05) is 44.0 Å². The average Bonchev–Trinajstić information content (AvgIpc) is 3.13. The quantitative estimate of drug-likeness (QED) is 0.453. The van der Waals surface area contributed by atoms with E-state index in [1.54, 1.807) is 25.1 Å². The highest BCUT2D eigenvalue weighted by Crippen LogP contribution is 2.46. The van der Waals surface area contributed by atoms with E-state index >= 15 is 0 Å². The molecule has 2 aromatic rings. The van der Waals surface area contributed by atoms with Gasteiger partial charge in [0.15, 0.2) is 17.2 Å². The fraction of sp³-hybridized carbons (Fsp3) is 0.455. The number of nitrogens with zero attached hydrogens (tertiary/aromatic N) is 1. The van der Waals surface area contributed by atoms with Crippen LogP contribution < -0.4 is 14.4 Å². The molecule has 0 amide bonds. The first-order valence-electron chi connectivity index (χ1n) is 10.7. The summed E-state index contributed by atoms with van der Waals surface area (Å²) in [4.78, 5) is 25.0. The Labute approximate surface area is 211 Å². The summed E-state index contributed by atoms with van der Waals surface area (Å²) in [6.45, 7) is 3.02. The molecule has 1 aromatic heterocycles. The topological polar surface area (TPSA) is 111 Å². The summed E-state index contributed by atoms with van der Waals surface area (Å²) in [7, 11) is -2.27. The molecule has 34 heavy (non-hydrogen) atoms. The number of anilines is 1. The van der Waals surface area contributed by atoms with E-state index in [4.69, 9.17) is 14.2 Å². The van der Waals surface area contributed by atoms with Crippen LogP contribution in [0.3, 0.4) is 0 Å². The van der Waals surface area contributed by atoms with Gasteiger partial charge < -0.3 is 19.5 Å². The molecule has 12 heteroatoms. The molecule has 1 aliphatic heterocycles. The standard InChI is InChI=1S/C22H27BrN2O7S2/c1-4-31-17(26)13-32-19-18(23)20(33-21(19)22(27)30-2)14-6-5-7-16(12-14)25(34(3,28)29)15-8-10-24-11-9-15/h5-7,12,15,24H,4,8-11,13H2,1-3H3. The number of hydrogen-bond donors (Lipinski definition) is 1. The number of carbonyl (C=O) groups is 2. The zero-order valence-corrected chi connectivity index (χ0v) is 22.3. The number of methoxy groups -OCH3 is 1. The Morgan fingerprint density at radius 1 is 1.26 bits per heavy atom. The highest BCUT2D eigenvalue weighted by atomic mass is 79.9. The smallest absolute Gasteiger partial charge is 0.351 e. The lowest BCUT2D eigenvalue weighted by atomic mass is 10.1. The van der Waals surface area contributed by atoms with Crippen LogP contribution in [0, 0.1) is 0 Å². The van der Waals surface area contributed by atoms with Crippen LogP contribution in [-0.2, 0) is 24.3 Å². The van der Waals surface area contributed by atoms with E-state index in [2.05, 4.69) is 21.2 Å². The zero-order valence-electron chi connectivity index (χ0n) is 19.1. The molecule has 0 spiro atoms. The number of thiophene rings is 1. The molecule has 0 saturated carbocycles. The van der Waals surface area contributed by atoms with Gasteiger partial charge in [-0.2, -0.15) is 0 Å². The molecule has 0 unspecified atom stereocenters. The molecule has 1 N–H and O–H groups in total. The first-order valence-corrected chi connectivity index (χ1v) is 14.1. The Morgan fingerprint density at radius 2 is 1.97 bits per heavy atom. The minimum atomic E-state index is -3.52. The Balaban J connectivity index is 2.02. The summed E-state index contributed by atoms with van der Waals surface area (Å²) >= 11 is 4.61. The lowest BCUT2D eigenvalue weighted by Gasteiger charge is -2.34. The van der Waals surface area contributed by atoms with Gasteiger partial charge in [0.25, 0.3) is 0 Å². The molecular weight excluding hydrogens is 548 g/mol. The minimum Gasteiger partial charge on any atom is -0.479 e. The maximum absolute atomic E-state index is 12.7. The molecule has 0 atom stereocenters. The summed E-state index contributed by atoms with van der Waals surface area (Å²) < 4.78 is 42.7. The van der Waals surface area contributed by atoms with Gasteiger partial charge in [-0.15, -0.1) is 11.3 Å². The van der Waals surface area contributed by atoms with Crippen molar-refractivity contribution in [1.29, 1.82) is 0 Å². The second-order valence-corrected chi connectivity index (χ2v) is 11.3. The SMILES string of the molecule is CCOC(=O)COc1c(C(=O)OC)sc(-c2cccc(N(C3CCNCC3)S(C)(=O)=O)c2)c1Br. The molecule has 1 saturated heterocycles. The number of ether oxygens (including phenoxy) is 3. The van der Waals surface area contributed by atoms with Crippen LogP contribution in [0.5, 0.6) is 5.75 Å². The number of piperidine rings is 1. The molecule has 1 aliphatic rings. The van der Waals surface area contributed by atoms with Crippen LogP contribution in [0.1, 0.15) is 29.4 Å². The number of benzene rings is 1. The van der Waals surface area contributed by atoms with Crippen LogP contribution in [0.2, 0.25) is 0 Å². The third-order valence-electron chi connectivity index (χ3n) is 5.18. The van der Waals surface area contributed by atoms with Crippen molar-refractivity contribution in [3.05, 3.63) is 33.6 Å². The molecule has 1 aromatic carbocycles. The van der Waals surface area contributed by atoms with Crippen LogP contribution in [0.25, 0.3) is 10.4 Å². The van der Waals surface area contributed by atoms with Crippen molar-refractivity contribution in [3.63, 3.8) is 0 Å². The predicted octanol–water partition coefficient (Wildman–Crippen LogP) is 3.42.